The summed E-state index contributed by atoms with van der Waals surface area (Å²) < 4.78 is 0. The number of amides is 2. The topological polar surface area (TPSA) is 57.3 Å². The lowest BCUT2D eigenvalue weighted by Gasteiger charge is -2.24. The molecule has 2 aromatic heterocycles. The standard InChI is InChI=1S/C14H18N4OS/c1-18(2)12(11-6-8-20-10-11)9-16-14(19)17-13-5-3-4-7-15-13/h3-8,10,12H,9H2,1-2H3,(H2,15,16,17,19)/t12-/m1/s1. The maximum Gasteiger partial charge on any atom is 0.320 e. The second kappa shape index (κ2) is 7.02. The number of nitrogens with zero attached hydrogens (tertiary/aromatic N) is 2. The average Bonchev–Trinajstić information content (AvgIpc) is 2.93. The highest BCUT2D eigenvalue weighted by Crippen LogP contribution is 2.19. The molecule has 0 radical (unpaired) electrons. The molecular formula is C14H18N4OS. The third-order valence-electron chi connectivity index (χ3n) is 2.91. The molecule has 2 aromatic rings. The van der Waals surface area contributed by atoms with Crippen LogP contribution >= 0.6 is 11.3 Å². The van der Waals surface area contributed by atoms with E-state index in [0.29, 0.717) is 12.4 Å². The lowest BCUT2D eigenvalue weighted by Crippen LogP contribution is -2.36. The second-order valence-corrected chi connectivity index (χ2v) is 5.37. The number of thiophene rings is 1. The molecule has 0 unspecified atom stereocenters. The Balaban J connectivity index is 1.88. The van der Waals surface area contributed by atoms with Crippen LogP contribution in [0.3, 0.4) is 0 Å². The fraction of sp³-hybridized carbons (Fsp3) is 0.286. The van der Waals surface area contributed by atoms with Crippen LogP contribution in [0, 0.1) is 0 Å². The van der Waals surface area contributed by atoms with E-state index >= 15 is 0 Å². The predicted molar refractivity (Wildman–Crippen MR) is 82.0 cm³/mol. The fourth-order valence-electron chi connectivity index (χ4n) is 1.85. The third kappa shape index (κ3) is 4.04. The van der Waals surface area contributed by atoms with Crippen molar-refractivity contribution in [1.29, 1.82) is 0 Å². The Morgan fingerprint density at radius 3 is 2.85 bits per heavy atom. The number of hydrogen-bond donors (Lipinski definition) is 2. The predicted octanol–water partition coefficient (Wildman–Crippen LogP) is 2.57. The zero-order valence-corrected chi connectivity index (χ0v) is 12.4. The van der Waals surface area contributed by atoms with Gasteiger partial charge in [-0.15, -0.1) is 0 Å². The molecule has 0 fully saturated rings. The number of carbonyl (C=O) groups is 1. The van der Waals surface area contributed by atoms with Crippen molar-refractivity contribution >= 4 is 23.2 Å². The number of urea groups is 1. The molecule has 106 valence electrons. The summed E-state index contributed by atoms with van der Waals surface area (Å²) in [5.41, 5.74) is 1.21. The summed E-state index contributed by atoms with van der Waals surface area (Å²) in [6.45, 7) is 0.544. The van der Waals surface area contributed by atoms with Crippen LogP contribution in [0.1, 0.15) is 11.6 Å². The van der Waals surface area contributed by atoms with Crippen LogP contribution < -0.4 is 10.6 Å². The first-order valence-corrected chi connectivity index (χ1v) is 7.25. The highest BCUT2D eigenvalue weighted by atomic mass is 32.1. The van der Waals surface area contributed by atoms with Crippen molar-refractivity contribution in [1.82, 2.24) is 15.2 Å². The van der Waals surface area contributed by atoms with Gasteiger partial charge >= 0.3 is 6.03 Å². The van der Waals surface area contributed by atoms with Crippen LogP contribution in [-0.2, 0) is 0 Å². The average molecular weight is 290 g/mol. The summed E-state index contributed by atoms with van der Waals surface area (Å²) in [6.07, 6.45) is 1.64. The molecule has 0 aliphatic rings. The number of carbonyl (C=O) groups excluding carboxylic acids is 1. The van der Waals surface area contributed by atoms with E-state index in [1.807, 2.05) is 31.6 Å². The van der Waals surface area contributed by atoms with Gasteiger partial charge in [-0.3, -0.25) is 5.32 Å². The zero-order chi connectivity index (χ0) is 14.4. The van der Waals surface area contributed by atoms with Crippen molar-refractivity contribution < 1.29 is 4.79 Å². The Morgan fingerprint density at radius 1 is 1.40 bits per heavy atom. The molecule has 0 saturated carbocycles. The van der Waals surface area contributed by atoms with Crippen molar-refractivity contribution in [2.75, 3.05) is 26.0 Å². The number of pyridine rings is 1. The summed E-state index contributed by atoms with van der Waals surface area (Å²) in [6, 6.07) is 7.38. The summed E-state index contributed by atoms with van der Waals surface area (Å²) in [5, 5.41) is 9.72. The fourth-order valence-corrected chi connectivity index (χ4v) is 2.56. The minimum Gasteiger partial charge on any atom is -0.336 e. The number of aromatic nitrogens is 1. The van der Waals surface area contributed by atoms with Crippen LogP contribution in [0.4, 0.5) is 10.6 Å². The van der Waals surface area contributed by atoms with Crippen molar-refractivity contribution in [3.05, 3.63) is 46.8 Å². The maximum atomic E-state index is 11.8. The van der Waals surface area contributed by atoms with E-state index in [4.69, 9.17) is 0 Å². The molecule has 0 aromatic carbocycles. The van der Waals surface area contributed by atoms with Crippen molar-refractivity contribution in [3.63, 3.8) is 0 Å². The number of nitrogens with one attached hydrogen (secondary N) is 2. The molecule has 1 atom stereocenters. The Morgan fingerprint density at radius 2 is 2.25 bits per heavy atom. The summed E-state index contributed by atoms with van der Waals surface area (Å²) in [5.74, 6) is 0.543. The van der Waals surface area contributed by atoms with E-state index in [9.17, 15) is 4.79 Å². The highest BCUT2D eigenvalue weighted by Gasteiger charge is 2.15. The van der Waals surface area contributed by atoms with Crippen LogP contribution in [0.25, 0.3) is 0 Å². The van der Waals surface area contributed by atoms with Gasteiger partial charge in [-0.1, -0.05) is 6.07 Å². The zero-order valence-electron chi connectivity index (χ0n) is 11.5. The van der Waals surface area contributed by atoms with Crippen LogP contribution in [0.5, 0.6) is 0 Å². The van der Waals surface area contributed by atoms with Gasteiger partial charge in [0, 0.05) is 12.7 Å². The van der Waals surface area contributed by atoms with E-state index < -0.39 is 0 Å². The molecule has 6 heteroatoms. The second-order valence-electron chi connectivity index (χ2n) is 4.59. The summed E-state index contributed by atoms with van der Waals surface area (Å²) in [4.78, 5) is 18.0. The van der Waals surface area contributed by atoms with E-state index in [1.54, 1.807) is 23.6 Å². The molecular weight excluding hydrogens is 272 g/mol. The van der Waals surface area contributed by atoms with E-state index in [0.717, 1.165) is 0 Å². The Bertz CT molecular complexity index is 527. The van der Waals surface area contributed by atoms with Gasteiger partial charge in [0.15, 0.2) is 0 Å². The van der Waals surface area contributed by atoms with Gasteiger partial charge in [-0.25, -0.2) is 9.78 Å². The highest BCUT2D eigenvalue weighted by molar-refractivity contribution is 7.07. The largest absolute Gasteiger partial charge is 0.336 e. The normalized spacial score (nSPS) is 12.2. The molecule has 2 rings (SSSR count). The maximum absolute atomic E-state index is 11.8. The number of anilines is 1. The van der Waals surface area contributed by atoms with Gasteiger partial charge < -0.3 is 10.2 Å². The third-order valence-corrected chi connectivity index (χ3v) is 3.62. The van der Waals surface area contributed by atoms with Gasteiger partial charge in [0.1, 0.15) is 5.82 Å². The van der Waals surface area contributed by atoms with Crippen LogP contribution in [0.2, 0.25) is 0 Å². The number of hydrogen-bond acceptors (Lipinski definition) is 4. The minimum atomic E-state index is -0.245. The molecule has 5 nitrogen and oxygen atoms in total. The van der Waals surface area contributed by atoms with Crippen molar-refractivity contribution in [3.8, 4) is 0 Å². The van der Waals surface area contributed by atoms with Gasteiger partial charge in [-0.2, -0.15) is 11.3 Å². The van der Waals surface area contributed by atoms with Crippen molar-refractivity contribution in [2.24, 2.45) is 0 Å². The van der Waals surface area contributed by atoms with Gasteiger partial charge in [-0.05, 0) is 48.6 Å². The molecule has 2 heterocycles. The minimum absolute atomic E-state index is 0.163. The molecule has 20 heavy (non-hydrogen) atoms. The van der Waals surface area contributed by atoms with Crippen LogP contribution in [0.15, 0.2) is 41.2 Å². The summed E-state index contributed by atoms with van der Waals surface area (Å²) in [7, 11) is 4.00. The molecule has 2 N–H and O–H groups in total. The number of rotatable bonds is 5. The summed E-state index contributed by atoms with van der Waals surface area (Å²) >= 11 is 1.66. The molecule has 0 aliphatic carbocycles. The Hall–Kier alpha value is -1.92. The SMILES string of the molecule is CN(C)[C@H](CNC(=O)Nc1ccccn1)c1ccsc1. The monoisotopic (exact) mass is 290 g/mol. The molecule has 0 spiro atoms. The molecule has 0 aliphatic heterocycles. The first-order valence-electron chi connectivity index (χ1n) is 6.31. The first kappa shape index (κ1) is 14.5. The van der Waals surface area contributed by atoms with Crippen LogP contribution in [-0.4, -0.2) is 36.6 Å². The molecule has 0 bridgehead atoms. The van der Waals surface area contributed by atoms with Gasteiger partial charge in [0.05, 0.1) is 6.04 Å². The van der Waals surface area contributed by atoms with Crippen molar-refractivity contribution in [2.45, 2.75) is 6.04 Å². The molecule has 2 amide bonds. The lowest BCUT2D eigenvalue weighted by molar-refractivity contribution is 0.243. The van der Waals surface area contributed by atoms with E-state index in [2.05, 4.69) is 32.0 Å². The molecule has 0 saturated heterocycles. The first-order chi connectivity index (χ1) is 9.66. The van der Waals surface area contributed by atoms with Gasteiger partial charge in [0.25, 0.3) is 0 Å². The Kier molecular flexibility index (Phi) is 5.09. The smallest absolute Gasteiger partial charge is 0.320 e. The van der Waals surface area contributed by atoms with E-state index in [-0.39, 0.29) is 12.1 Å². The van der Waals surface area contributed by atoms with Gasteiger partial charge in [0.2, 0.25) is 0 Å². The van der Waals surface area contributed by atoms with E-state index in [1.165, 1.54) is 5.56 Å². The lowest BCUT2D eigenvalue weighted by atomic mass is 10.1. The quantitative estimate of drug-likeness (QED) is 0.890. The number of likely N-dealkylation sites (N-methyl/N-ethyl adjacent to an activating group) is 1. The Labute approximate surface area is 122 Å².